The second-order valence-electron chi connectivity index (χ2n) is 4.21. The lowest BCUT2D eigenvalue weighted by Crippen LogP contribution is -2.30. The second kappa shape index (κ2) is 5.36. The Morgan fingerprint density at radius 2 is 2.29 bits per heavy atom. The van der Waals surface area contributed by atoms with Crippen molar-refractivity contribution in [2.45, 2.75) is 23.8 Å². The molecule has 0 heterocycles. The predicted molar refractivity (Wildman–Crippen MR) is 68.3 cm³/mol. The van der Waals surface area contributed by atoms with Crippen molar-refractivity contribution in [3.8, 4) is 0 Å². The fraction of sp³-hybridized carbons (Fsp3) is 0.385. The Balaban J connectivity index is 1.88. The summed E-state index contributed by atoms with van der Waals surface area (Å²) in [5.74, 6) is 0.601. The smallest absolute Gasteiger partial charge is 0.232 e. The van der Waals surface area contributed by atoms with E-state index in [-0.39, 0.29) is 5.91 Å². The molecule has 0 aliphatic heterocycles. The molecule has 0 aromatic heterocycles. The minimum atomic E-state index is 0.161. The van der Waals surface area contributed by atoms with E-state index in [1.54, 1.807) is 6.07 Å². The number of aldehydes is 1. The van der Waals surface area contributed by atoms with Gasteiger partial charge in [0.15, 0.2) is 0 Å². The Labute approximate surface area is 105 Å². The molecule has 1 aliphatic rings. The summed E-state index contributed by atoms with van der Waals surface area (Å²) in [4.78, 5) is 25.2. The van der Waals surface area contributed by atoms with E-state index in [1.807, 2.05) is 30.1 Å². The summed E-state index contributed by atoms with van der Waals surface area (Å²) in [5, 5.41) is 0. The highest BCUT2D eigenvalue weighted by atomic mass is 32.2. The molecular weight excluding hydrogens is 234 g/mol. The summed E-state index contributed by atoms with van der Waals surface area (Å²) in [6.07, 6.45) is 3.09. The van der Waals surface area contributed by atoms with Gasteiger partial charge in [-0.05, 0) is 25.0 Å². The van der Waals surface area contributed by atoms with Gasteiger partial charge in [-0.2, -0.15) is 0 Å². The molecule has 17 heavy (non-hydrogen) atoms. The van der Waals surface area contributed by atoms with Gasteiger partial charge in [0.05, 0.1) is 5.75 Å². The van der Waals surface area contributed by atoms with Crippen LogP contribution in [0.2, 0.25) is 0 Å². The molecule has 1 saturated carbocycles. The Kier molecular flexibility index (Phi) is 3.84. The maximum Gasteiger partial charge on any atom is 0.232 e. The molecule has 2 rings (SSSR count). The van der Waals surface area contributed by atoms with Crippen LogP contribution in [0.4, 0.5) is 0 Å². The third-order valence-electron chi connectivity index (χ3n) is 2.84. The van der Waals surface area contributed by atoms with Crippen molar-refractivity contribution in [1.29, 1.82) is 0 Å². The van der Waals surface area contributed by atoms with Gasteiger partial charge in [-0.1, -0.05) is 12.1 Å². The van der Waals surface area contributed by atoms with Crippen LogP contribution in [0.3, 0.4) is 0 Å². The van der Waals surface area contributed by atoms with Gasteiger partial charge >= 0.3 is 0 Å². The average molecular weight is 249 g/mol. The monoisotopic (exact) mass is 249 g/mol. The lowest BCUT2D eigenvalue weighted by molar-refractivity contribution is -0.127. The normalized spacial score (nSPS) is 14.4. The molecule has 0 bridgehead atoms. The highest BCUT2D eigenvalue weighted by Gasteiger charge is 2.29. The van der Waals surface area contributed by atoms with Crippen LogP contribution in [-0.4, -0.2) is 35.9 Å². The number of thioether (sulfide) groups is 1. The molecule has 1 aromatic rings. The third-order valence-corrected chi connectivity index (χ3v) is 3.82. The molecule has 0 radical (unpaired) electrons. The number of benzene rings is 1. The van der Waals surface area contributed by atoms with E-state index in [0.717, 1.165) is 24.0 Å². The van der Waals surface area contributed by atoms with Crippen molar-refractivity contribution >= 4 is 24.0 Å². The van der Waals surface area contributed by atoms with E-state index in [2.05, 4.69) is 0 Å². The van der Waals surface area contributed by atoms with E-state index < -0.39 is 0 Å². The van der Waals surface area contributed by atoms with Crippen LogP contribution in [0.15, 0.2) is 29.2 Å². The molecule has 4 heteroatoms. The molecular formula is C13H15NO2S. The number of nitrogens with zero attached hydrogens (tertiary/aromatic N) is 1. The summed E-state index contributed by atoms with van der Waals surface area (Å²) >= 11 is 1.48. The minimum absolute atomic E-state index is 0.161. The summed E-state index contributed by atoms with van der Waals surface area (Å²) in [5.41, 5.74) is 0.651. The van der Waals surface area contributed by atoms with E-state index in [0.29, 0.717) is 17.4 Å². The molecule has 3 nitrogen and oxygen atoms in total. The Hall–Kier alpha value is -1.29. The van der Waals surface area contributed by atoms with E-state index in [1.165, 1.54) is 11.8 Å². The van der Waals surface area contributed by atoms with Gasteiger partial charge in [0.2, 0.25) is 5.91 Å². The lowest BCUT2D eigenvalue weighted by atomic mass is 10.2. The summed E-state index contributed by atoms with van der Waals surface area (Å²) in [7, 11) is 1.86. The minimum Gasteiger partial charge on any atom is -0.342 e. The van der Waals surface area contributed by atoms with Gasteiger partial charge in [0, 0.05) is 23.5 Å². The van der Waals surface area contributed by atoms with E-state index >= 15 is 0 Å². The van der Waals surface area contributed by atoms with Crippen LogP contribution >= 0.6 is 11.8 Å². The largest absolute Gasteiger partial charge is 0.342 e. The maximum absolute atomic E-state index is 11.8. The van der Waals surface area contributed by atoms with Crippen molar-refractivity contribution in [3.63, 3.8) is 0 Å². The first-order chi connectivity index (χ1) is 8.20. The molecule has 0 spiro atoms. The van der Waals surface area contributed by atoms with Gasteiger partial charge in [0.1, 0.15) is 6.29 Å². The lowest BCUT2D eigenvalue weighted by Gasteiger charge is -2.15. The first kappa shape index (κ1) is 12.2. The average Bonchev–Trinajstić information content (AvgIpc) is 3.19. The molecule has 1 aliphatic carbocycles. The van der Waals surface area contributed by atoms with Crippen molar-refractivity contribution in [2.75, 3.05) is 12.8 Å². The van der Waals surface area contributed by atoms with Crippen molar-refractivity contribution in [2.24, 2.45) is 0 Å². The molecule has 0 atom stereocenters. The van der Waals surface area contributed by atoms with Crippen molar-refractivity contribution < 1.29 is 9.59 Å². The van der Waals surface area contributed by atoms with Crippen LogP contribution in [0.1, 0.15) is 23.2 Å². The summed E-state index contributed by atoms with van der Waals surface area (Å²) < 4.78 is 0. The van der Waals surface area contributed by atoms with Gasteiger partial charge in [-0.3, -0.25) is 9.59 Å². The van der Waals surface area contributed by atoms with Crippen molar-refractivity contribution in [3.05, 3.63) is 29.8 Å². The molecule has 0 unspecified atom stereocenters. The van der Waals surface area contributed by atoms with Crippen LogP contribution in [0.25, 0.3) is 0 Å². The standard InChI is InChI=1S/C13H15NO2S/c1-14(11-5-6-11)13(16)9-17-12-4-2-3-10(7-12)8-15/h2-4,7-8,11H,5-6,9H2,1H3. The second-order valence-corrected chi connectivity index (χ2v) is 5.26. The summed E-state index contributed by atoms with van der Waals surface area (Å²) in [6, 6.07) is 7.78. The number of carbonyl (C=O) groups excluding carboxylic acids is 2. The number of hydrogen-bond donors (Lipinski definition) is 0. The molecule has 1 fully saturated rings. The van der Waals surface area contributed by atoms with Crippen LogP contribution in [-0.2, 0) is 4.79 Å². The summed E-state index contributed by atoms with van der Waals surface area (Å²) in [6.45, 7) is 0. The predicted octanol–water partition coefficient (Wildman–Crippen LogP) is 2.21. The topological polar surface area (TPSA) is 37.4 Å². The number of carbonyl (C=O) groups is 2. The first-order valence-corrected chi connectivity index (χ1v) is 6.63. The number of hydrogen-bond acceptors (Lipinski definition) is 3. The molecule has 90 valence electrons. The fourth-order valence-corrected chi connectivity index (χ4v) is 2.48. The quantitative estimate of drug-likeness (QED) is 0.593. The highest BCUT2D eigenvalue weighted by molar-refractivity contribution is 8.00. The van der Waals surface area contributed by atoms with Crippen LogP contribution in [0, 0.1) is 0 Å². The van der Waals surface area contributed by atoms with Gasteiger partial charge in [-0.25, -0.2) is 0 Å². The molecule has 1 aromatic carbocycles. The fourth-order valence-electron chi connectivity index (χ4n) is 1.59. The van der Waals surface area contributed by atoms with Crippen LogP contribution < -0.4 is 0 Å². The van der Waals surface area contributed by atoms with E-state index in [4.69, 9.17) is 0 Å². The van der Waals surface area contributed by atoms with Gasteiger partial charge < -0.3 is 4.90 Å². The zero-order valence-corrected chi connectivity index (χ0v) is 10.6. The highest BCUT2D eigenvalue weighted by Crippen LogP contribution is 2.27. The van der Waals surface area contributed by atoms with Gasteiger partial charge in [-0.15, -0.1) is 11.8 Å². The zero-order chi connectivity index (χ0) is 12.3. The number of rotatable bonds is 5. The Bertz CT molecular complexity index is 429. The zero-order valence-electron chi connectivity index (χ0n) is 9.76. The van der Waals surface area contributed by atoms with E-state index in [9.17, 15) is 9.59 Å². The Morgan fingerprint density at radius 3 is 2.94 bits per heavy atom. The third kappa shape index (κ3) is 3.33. The Morgan fingerprint density at radius 1 is 1.53 bits per heavy atom. The SMILES string of the molecule is CN(C(=O)CSc1cccc(C=O)c1)C1CC1. The number of amides is 1. The molecule has 0 N–H and O–H groups in total. The first-order valence-electron chi connectivity index (χ1n) is 5.64. The van der Waals surface area contributed by atoms with Crippen LogP contribution in [0.5, 0.6) is 0 Å². The molecule has 1 amide bonds. The maximum atomic E-state index is 11.8. The van der Waals surface area contributed by atoms with Gasteiger partial charge in [0.25, 0.3) is 0 Å². The van der Waals surface area contributed by atoms with Crippen molar-refractivity contribution in [1.82, 2.24) is 4.90 Å². The molecule has 0 saturated heterocycles.